The van der Waals surface area contributed by atoms with Crippen LogP contribution in [0, 0.1) is 12.7 Å². The molecule has 0 saturated heterocycles. The van der Waals surface area contributed by atoms with Gasteiger partial charge >= 0.3 is 0 Å². The van der Waals surface area contributed by atoms with Crippen molar-refractivity contribution >= 4 is 11.8 Å². The highest BCUT2D eigenvalue weighted by atomic mass is 19.1. The molecule has 6 heteroatoms. The molecule has 0 fully saturated rings. The summed E-state index contributed by atoms with van der Waals surface area (Å²) in [5.41, 5.74) is 1.96. The van der Waals surface area contributed by atoms with E-state index < -0.39 is 17.8 Å². The van der Waals surface area contributed by atoms with Gasteiger partial charge in [-0.1, -0.05) is 42.0 Å². The lowest BCUT2D eigenvalue weighted by molar-refractivity contribution is -0.142. The first-order valence-corrected chi connectivity index (χ1v) is 8.36. The molecule has 138 valence electrons. The third-order valence-corrected chi connectivity index (χ3v) is 4.04. The summed E-state index contributed by atoms with van der Waals surface area (Å²) >= 11 is 0. The van der Waals surface area contributed by atoms with Crippen LogP contribution < -0.4 is 10.1 Å². The number of para-hydroxylation sites is 1. The molecule has 1 N–H and O–H groups in total. The number of aryl methyl sites for hydroxylation is 1. The molecule has 0 aromatic heterocycles. The van der Waals surface area contributed by atoms with Gasteiger partial charge in [-0.2, -0.15) is 0 Å². The molecule has 0 saturated carbocycles. The van der Waals surface area contributed by atoms with Crippen LogP contribution in [0.5, 0.6) is 5.75 Å². The van der Waals surface area contributed by atoms with E-state index in [4.69, 9.17) is 4.74 Å². The zero-order valence-electron chi connectivity index (χ0n) is 15.2. The zero-order valence-corrected chi connectivity index (χ0v) is 15.2. The molecule has 1 atom stereocenters. The summed E-state index contributed by atoms with van der Waals surface area (Å²) in [6.45, 7) is 3.51. The Kier molecular flexibility index (Phi) is 6.72. The standard InChI is InChI=1S/C20H23FN2O3/c1-14-7-6-8-16(11-14)12-23(15(2)20(25)22-3)19(24)13-26-18-10-5-4-9-17(18)21/h4-11,15H,12-13H2,1-3H3,(H,22,25). The predicted molar refractivity (Wildman–Crippen MR) is 97.2 cm³/mol. The number of nitrogens with zero attached hydrogens (tertiary/aromatic N) is 1. The van der Waals surface area contributed by atoms with Crippen LogP contribution in [0.25, 0.3) is 0 Å². The van der Waals surface area contributed by atoms with Crippen LogP contribution in [0.1, 0.15) is 18.1 Å². The number of carbonyl (C=O) groups is 2. The third-order valence-electron chi connectivity index (χ3n) is 4.04. The van der Waals surface area contributed by atoms with Gasteiger partial charge < -0.3 is 15.0 Å². The maximum absolute atomic E-state index is 13.7. The molecule has 2 aromatic carbocycles. The lowest BCUT2D eigenvalue weighted by atomic mass is 10.1. The normalized spacial score (nSPS) is 11.5. The summed E-state index contributed by atoms with van der Waals surface area (Å²) in [5, 5.41) is 2.55. The average molecular weight is 358 g/mol. The van der Waals surface area contributed by atoms with Gasteiger partial charge in [0.1, 0.15) is 6.04 Å². The van der Waals surface area contributed by atoms with Crippen molar-refractivity contribution in [3.63, 3.8) is 0 Å². The predicted octanol–water partition coefficient (Wildman–Crippen LogP) is 2.68. The Morgan fingerprint density at radius 3 is 2.58 bits per heavy atom. The van der Waals surface area contributed by atoms with Crippen molar-refractivity contribution in [2.75, 3.05) is 13.7 Å². The van der Waals surface area contributed by atoms with E-state index in [1.54, 1.807) is 19.1 Å². The Bertz CT molecular complexity index is 779. The van der Waals surface area contributed by atoms with Crippen LogP contribution in [0.4, 0.5) is 4.39 Å². The molecule has 1 unspecified atom stereocenters. The van der Waals surface area contributed by atoms with Crippen molar-refractivity contribution in [3.8, 4) is 5.75 Å². The molecule has 0 spiro atoms. The quantitative estimate of drug-likeness (QED) is 0.828. The van der Waals surface area contributed by atoms with Gasteiger partial charge in [-0.05, 0) is 31.5 Å². The van der Waals surface area contributed by atoms with E-state index in [0.717, 1.165) is 11.1 Å². The summed E-state index contributed by atoms with van der Waals surface area (Å²) in [7, 11) is 1.52. The van der Waals surface area contributed by atoms with Crippen LogP contribution in [0.3, 0.4) is 0 Å². The summed E-state index contributed by atoms with van der Waals surface area (Å²) < 4.78 is 19.0. The van der Waals surface area contributed by atoms with Crippen LogP contribution in [0.15, 0.2) is 48.5 Å². The van der Waals surface area contributed by atoms with Crippen LogP contribution in [0.2, 0.25) is 0 Å². The van der Waals surface area contributed by atoms with Crippen molar-refractivity contribution in [2.45, 2.75) is 26.4 Å². The molecule has 26 heavy (non-hydrogen) atoms. The van der Waals surface area contributed by atoms with E-state index in [9.17, 15) is 14.0 Å². The fourth-order valence-electron chi connectivity index (χ4n) is 2.58. The second-order valence-corrected chi connectivity index (χ2v) is 6.02. The Labute approximate surface area is 152 Å². The topological polar surface area (TPSA) is 58.6 Å². The third kappa shape index (κ3) is 5.05. The summed E-state index contributed by atoms with van der Waals surface area (Å²) in [6.07, 6.45) is 0. The molecular weight excluding hydrogens is 335 g/mol. The van der Waals surface area contributed by atoms with Crippen molar-refractivity contribution in [2.24, 2.45) is 0 Å². The first-order chi connectivity index (χ1) is 12.4. The maximum Gasteiger partial charge on any atom is 0.261 e. The largest absolute Gasteiger partial charge is 0.481 e. The van der Waals surface area contributed by atoms with Gasteiger partial charge in [0.05, 0.1) is 0 Å². The van der Waals surface area contributed by atoms with Gasteiger partial charge in [-0.25, -0.2) is 4.39 Å². The van der Waals surface area contributed by atoms with Gasteiger partial charge in [0, 0.05) is 13.6 Å². The molecule has 2 rings (SSSR count). The number of rotatable bonds is 7. The first-order valence-electron chi connectivity index (χ1n) is 8.36. The van der Waals surface area contributed by atoms with E-state index in [-0.39, 0.29) is 24.8 Å². The van der Waals surface area contributed by atoms with E-state index in [1.807, 2.05) is 31.2 Å². The van der Waals surface area contributed by atoms with Crippen molar-refractivity contribution in [1.29, 1.82) is 0 Å². The number of ether oxygens (including phenoxy) is 1. The van der Waals surface area contributed by atoms with Crippen molar-refractivity contribution in [1.82, 2.24) is 10.2 Å². The van der Waals surface area contributed by atoms with Gasteiger partial charge in [-0.15, -0.1) is 0 Å². The van der Waals surface area contributed by atoms with Gasteiger partial charge in [0.2, 0.25) is 5.91 Å². The number of carbonyl (C=O) groups excluding carboxylic acids is 2. The minimum absolute atomic E-state index is 0.00366. The molecule has 0 aliphatic rings. The second kappa shape index (κ2) is 8.99. The molecule has 0 radical (unpaired) electrons. The van der Waals surface area contributed by atoms with Crippen molar-refractivity contribution < 1.29 is 18.7 Å². The smallest absolute Gasteiger partial charge is 0.261 e. The number of benzene rings is 2. The SMILES string of the molecule is CNC(=O)C(C)N(Cc1cccc(C)c1)C(=O)COc1ccccc1F. The van der Waals surface area contributed by atoms with Gasteiger partial charge in [0.15, 0.2) is 18.2 Å². The summed E-state index contributed by atoms with van der Waals surface area (Å²) in [6, 6.07) is 12.9. The molecule has 2 amide bonds. The fourth-order valence-corrected chi connectivity index (χ4v) is 2.58. The van der Waals surface area contributed by atoms with Gasteiger partial charge in [0.25, 0.3) is 5.91 Å². The molecule has 5 nitrogen and oxygen atoms in total. The lowest BCUT2D eigenvalue weighted by Gasteiger charge is -2.28. The highest BCUT2D eigenvalue weighted by Gasteiger charge is 2.26. The molecule has 2 aromatic rings. The van der Waals surface area contributed by atoms with Crippen LogP contribution in [-0.2, 0) is 16.1 Å². The number of nitrogens with one attached hydrogen (secondary N) is 1. The first kappa shape index (κ1) is 19.4. The van der Waals surface area contributed by atoms with E-state index in [0.29, 0.717) is 0 Å². The minimum atomic E-state index is -0.683. The Hall–Kier alpha value is -2.89. The molecule has 0 bridgehead atoms. The highest BCUT2D eigenvalue weighted by molar-refractivity contribution is 5.87. The number of hydrogen-bond acceptors (Lipinski definition) is 3. The van der Waals surface area contributed by atoms with Crippen LogP contribution >= 0.6 is 0 Å². The number of hydrogen-bond donors (Lipinski definition) is 1. The van der Waals surface area contributed by atoms with E-state index >= 15 is 0 Å². The molecule has 0 aliphatic heterocycles. The second-order valence-electron chi connectivity index (χ2n) is 6.02. The van der Waals surface area contributed by atoms with Crippen LogP contribution in [-0.4, -0.2) is 36.4 Å². The fraction of sp³-hybridized carbons (Fsp3) is 0.300. The zero-order chi connectivity index (χ0) is 19.1. The Balaban J connectivity index is 2.15. The monoisotopic (exact) mass is 358 g/mol. The number of halogens is 1. The highest BCUT2D eigenvalue weighted by Crippen LogP contribution is 2.16. The number of amides is 2. The van der Waals surface area contributed by atoms with Gasteiger partial charge in [-0.3, -0.25) is 9.59 Å². The lowest BCUT2D eigenvalue weighted by Crippen LogP contribution is -2.48. The number of likely N-dealkylation sites (N-methyl/N-ethyl adjacent to an activating group) is 1. The minimum Gasteiger partial charge on any atom is -0.481 e. The Morgan fingerprint density at radius 1 is 1.19 bits per heavy atom. The Morgan fingerprint density at radius 2 is 1.92 bits per heavy atom. The van der Waals surface area contributed by atoms with E-state index in [2.05, 4.69) is 5.32 Å². The summed E-state index contributed by atoms with van der Waals surface area (Å²) in [4.78, 5) is 26.1. The molecule has 0 aliphatic carbocycles. The van der Waals surface area contributed by atoms with E-state index in [1.165, 1.54) is 24.1 Å². The maximum atomic E-state index is 13.7. The summed E-state index contributed by atoms with van der Waals surface area (Å²) in [5.74, 6) is -1.21. The molecule has 0 heterocycles. The average Bonchev–Trinajstić information content (AvgIpc) is 2.64. The molecular formula is C20H23FN2O3. The van der Waals surface area contributed by atoms with Crippen molar-refractivity contribution in [3.05, 3.63) is 65.5 Å².